The van der Waals surface area contributed by atoms with Gasteiger partial charge in [-0.05, 0) is 44.4 Å². The van der Waals surface area contributed by atoms with Crippen LogP contribution >= 0.6 is 24.0 Å². The molecule has 0 N–H and O–H groups in total. The minimum atomic E-state index is -0.261. The maximum atomic E-state index is 13.4. The number of piperazine rings is 1. The first-order chi connectivity index (χ1) is 16.9. The monoisotopic (exact) mass is 515 g/mol. The SMILES string of the molecule is CCCn1c(N2CCN(CC)CC2)c(/C=C2/SC(=S)N(CC3CCCO3)C2=O)c(C)c(C#N)c1=O. The van der Waals surface area contributed by atoms with Gasteiger partial charge in [-0.2, -0.15) is 5.26 Å². The molecule has 8 nitrogen and oxygen atoms in total. The van der Waals surface area contributed by atoms with Gasteiger partial charge in [0.05, 0.1) is 17.6 Å². The molecule has 0 aliphatic carbocycles. The lowest BCUT2D eigenvalue weighted by Gasteiger charge is -2.37. The number of rotatable bonds is 7. The van der Waals surface area contributed by atoms with E-state index in [0.717, 1.165) is 70.0 Å². The van der Waals surface area contributed by atoms with Crippen LogP contribution in [0, 0.1) is 18.3 Å². The van der Waals surface area contributed by atoms with E-state index < -0.39 is 0 Å². The Morgan fingerprint density at radius 3 is 2.57 bits per heavy atom. The number of nitriles is 1. The second-order valence-corrected chi connectivity index (χ2v) is 10.8. The summed E-state index contributed by atoms with van der Waals surface area (Å²) in [5.41, 5.74) is 1.25. The molecule has 0 bridgehead atoms. The molecule has 188 valence electrons. The lowest BCUT2D eigenvalue weighted by atomic mass is 10.0. The molecule has 4 rings (SSSR count). The van der Waals surface area contributed by atoms with Gasteiger partial charge in [0.1, 0.15) is 21.8 Å². The van der Waals surface area contributed by atoms with Gasteiger partial charge in [0.2, 0.25) is 0 Å². The summed E-state index contributed by atoms with van der Waals surface area (Å²) in [6.45, 7) is 12.0. The lowest BCUT2D eigenvalue weighted by molar-refractivity contribution is -0.123. The molecule has 35 heavy (non-hydrogen) atoms. The Morgan fingerprint density at radius 1 is 1.23 bits per heavy atom. The number of anilines is 1. The van der Waals surface area contributed by atoms with E-state index in [4.69, 9.17) is 17.0 Å². The van der Waals surface area contributed by atoms with Crippen LogP contribution in [0.2, 0.25) is 0 Å². The van der Waals surface area contributed by atoms with Crippen molar-refractivity contribution in [3.8, 4) is 6.07 Å². The molecule has 3 aliphatic rings. The zero-order valence-corrected chi connectivity index (χ0v) is 22.3. The molecular formula is C25H33N5O3S2. The molecule has 1 unspecified atom stereocenters. The number of amides is 1. The minimum absolute atomic E-state index is 0.0145. The van der Waals surface area contributed by atoms with Gasteiger partial charge < -0.3 is 14.5 Å². The number of carbonyl (C=O) groups is 1. The fourth-order valence-electron chi connectivity index (χ4n) is 4.97. The Kier molecular flexibility index (Phi) is 8.32. The summed E-state index contributed by atoms with van der Waals surface area (Å²) in [5, 5.41) is 9.82. The van der Waals surface area contributed by atoms with Crippen molar-refractivity contribution in [3.63, 3.8) is 0 Å². The fraction of sp³-hybridized carbons (Fsp3) is 0.600. The van der Waals surface area contributed by atoms with E-state index in [-0.39, 0.29) is 23.1 Å². The molecule has 1 aromatic heterocycles. The number of likely N-dealkylation sites (N-methyl/N-ethyl adjacent to an activating group) is 1. The quantitative estimate of drug-likeness (QED) is 0.405. The van der Waals surface area contributed by atoms with Crippen molar-refractivity contribution >= 4 is 46.1 Å². The molecule has 0 saturated carbocycles. The van der Waals surface area contributed by atoms with Crippen molar-refractivity contribution in [1.82, 2.24) is 14.4 Å². The maximum absolute atomic E-state index is 13.4. The number of thioether (sulfide) groups is 1. The van der Waals surface area contributed by atoms with Gasteiger partial charge in [0.25, 0.3) is 11.5 Å². The van der Waals surface area contributed by atoms with Crippen LogP contribution in [0.1, 0.15) is 49.8 Å². The van der Waals surface area contributed by atoms with E-state index in [9.17, 15) is 14.9 Å². The van der Waals surface area contributed by atoms with Gasteiger partial charge in [-0.25, -0.2) is 0 Å². The minimum Gasteiger partial charge on any atom is -0.376 e. The highest BCUT2D eigenvalue weighted by Gasteiger charge is 2.35. The van der Waals surface area contributed by atoms with Crippen molar-refractivity contribution < 1.29 is 9.53 Å². The Balaban J connectivity index is 1.78. The molecule has 3 aliphatic heterocycles. The number of ether oxygens (including phenoxy) is 1. The third-order valence-corrected chi connectivity index (χ3v) is 8.35. The number of thiocarbonyl (C=S) groups is 1. The standard InChI is InChI=1S/C25H33N5O3S2/c1-4-8-29-22(28-11-9-27(5-2)10-12-28)19(17(3)20(15-26)23(29)31)14-21-24(32)30(25(34)35-21)16-18-7-6-13-33-18/h14,18H,4-13,16H2,1-3H3/b21-14+. The van der Waals surface area contributed by atoms with E-state index in [2.05, 4.69) is 22.8 Å². The topological polar surface area (TPSA) is 81.8 Å². The number of hydrogen-bond donors (Lipinski definition) is 0. The third-order valence-electron chi connectivity index (χ3n) is 6.97. The van der Waals surface area contributed by atoms with Crippen LogP contribution in [-0.2, 0) is 16.1 Å². The summed E-state index contributed by atoms with van der Waals surface area (Å²) in [4.78, 5) is 33.4. The summed E-state index contributed by atoms with van der Waals surface area (Å²) >= 11 is 6.83. The number of hydrogen-bond acceptors (Lipinski definition) is 8. The van der Waals surface area contributed by atoms with Gasteiger partial charge in [-0.15, -0.1) is 0 Å². The van der Waals surface area contributed by atoms with E-state index in [0.29, 0.717) is 27.9 Å². The summed E-state index contributed by atoms with van der Waals surface area (Å²) < 4.78 is 7.97. The van der Waals surface area contributed by atoms with Crippen LogP contribution in [0.5, 0.6) is 0 Å². The molecule has 0 radical (unpaired) electrons. The number of pyridine rings is 1. The Bertz CT molecular complexity index is 1130. The second kappa shape index (κ2) is 11.2. The van der Waals surface area contributed by atoms with E-state index in [1.54, 1.807) is 16.4 Å². The highest BCUT2D eigenvalue weighted by molar-refractivity contribution is 8.26. The van der Waals surface area contributed by atoms with E-state index >= 15 is 0 Å². The predicted octanol–water partition coefficient (Wildman–Crippen LogP) is 2.96. The molecule has 1 atom stereocenters. The first-order valence-corrected chi connectivity index (χ1v) is 13.6. The molecule has 10 heteroatoms. The van der Waals surface area contributed by atoms with Crippen molar-refractivity contribution in [2.45, 2.75) is 52.7 Å². The van der Waals surface area contributed by atoms with Crippen molar-refractivity contribution in [3.05, 3.63) is 31.9 Å². The predicted molar refractivity (Wildman–Crippen MR) is 144 cm³/mol. The average Bonchev–Trinajstić information content (AvgIpc) is 3.47. The molecule has 1 aromatic rings. The van der Waals surface area contributed by atoms with Crippen molar-refractivity contribution in [2.75, 3.05) is 50.8 Å². The lowest BCUT2D eigenvalue weighted by Crippen LogP contribution is -2.48. The first kappa shape index (κ1) is 25.9. The van der Waals surface area contributed by atoms with Gasteiger partial charge in [0, 0.05) is 44.9 Å². The van der Waals surface area contributed by atoms with Crippen LogP contribution < -0.4 is 10.5 Å². The van der Waals surface area contributed by atoms with Crippen molar-refractivity contribution in [2.24, 2.45) is 0 Å². The Labute approximate surface area is 216 Å². The largest absolute Gasteiger partial charge is 0.376 e. The molecule has 1 amide bonds. The average molecular weight is 516 g/mol. The van der Waals surface area contributed by atoms with Crippen LogP contribution in [0.3, 0.4) is 0 Å². The van der Waals surface area contributed by atoms with Gasteiger partial charge in [-0.3, -0.25) is 19.1 Å². The molecule has 3 saturated heterocycles. The molecule has 0 aromatic carbocycles. The van der Waals surface area contributed by atoms with Crippen molar-refractivity contribution in [1.29, 1.82) is 5.26 Å². The second-order valence-electron chi connectivity index (χ2n) is 9.15. The number of nitrogens with zero attached hydrogens (tertiary/aromatic N) is 5. The van der Waals surface area contributed by atoms with E-state index in [1.807, 2.05) is 13.0 Å². The number of aromatic nitrogens is 1. The number of carbonyl (C=O) groups excluding carboxylic acids is 1. The molecular weight excluding hydrogens is 482 g/mol. The van der Waals surface area contributed by atoms with Crippen LogP contribution in [0.15, 0.2) is 9.70 Å². The van der Waals surface area contributed by atoms with E-state index in [1.165, 1.54) is 11.8 Å². The Hall–Kier alpha value is -2.19. The Morgan fingerprint density at radius 2 is 1.97 bits per heavy atom. The normalized spacial score (nSPS) is 22.5. The molecule has 3 fully saturated rings. The van der Waals surface area contributed by atoms with Crippen LogP contribution in [-0.4, -0.2) is 76.6 Å². The summed E-state index contributed by atoms with van der Waals surface area (Å²) in [5.74, 6) is 0.664. The zero-order chi connectivity index (χ0) is 25.1. The highest BCUT2D eigenvalue weighted by atomic mass is 32.2. The van der Waals surface area contributed by atoms with Crippen LogP contribution in [0.25, 0.3) is 6.08 Å². The maximum Gasteiger partial charge on any atom is 0.270 e. The summed E-state index contributed by atoms with van der Waals surface area (Å²) in [7, 11) is 0. The third kappa shape index (κ3) is 5.19. The van der Waals surface area contributed by atoms with Crippen LogP contribution in [0.4, 0.5) is 5.82 Å². The molecule has 0 spiro atoms. The van der Waals surface area contributed by atoms with Gasteiger partial charge >= 0.3 is 0 Å². The molecule has 4 heterocycles. The zero-order valence-electron chi connectivity index (χ0n) is 20.7. The fourth-order valence-corrected chi connectivity index (χ4v) is 6.23. The van der Waals surface area contributed by atoms with Gasteiger partial charge in [0.15, 0.2) is 0 Å². The summed E-state index contributed by atoms with van der Waals surface area (Å²) in [6, 6.07) is 2.12. The first-order valence-electron chi connectivity index (χ1n) is 12.4. The van der Waals surface area contributed by atoms with Gasteiger partial charge in [-0.1, -0.05) is 37.8 Å². The smallest absolute Gasteiger partial charge is 0.270 e. The highest BCUT2D eigenvalue weighted by Crippen LogP contribution is 2.36. The summed E-state index contributed by atoms with van der Waals surface area (Å²) in [6.07, 6.45) is 4.55.